The molecule has 7 heteroatoms. The van der Waals surface area contributed by atoms with Crippen LogP contribution < -0.4 is 0 Å². The van der Waals surface area contributed by atoms with Crippen molar-refractivity contribution in [1.29, 1.82) is 0 Å². The molecule has 5 heterocycles. The van der Waals surface area contributed by atoms with Crippen LogP contribution >= 0.6 is 0 Å². The van der Waals surface area contributed by atoms with Gasteiger partial charge in [-0.1, -0.05) is 97.6 Å². The number of fused-ring (bicyclic) bond motifs is 5. The van der Waals surface area contributed by atoms with Crippen LogP contribution in [0.1, 0.15) is 24.0 Å². The lowest BCUT2D eigenvalue weighted by molar-refractivity contribution is 1.09. The van der Waals surface area contributed by atoms with Gasteiger partial charge in [-0.15, -0.1) is 0 Å². The number of rotatable bonds is 8. The third kappa shape index (κ3) is 5.90. The zero-order valence-corrected chi connectivity index (χ0v) is 31.2. The van der Waals surface area contributed by atoms with Gasteiger partial charge >= 0.3 is 0 Å². The molecular weight excluding hydrogens is 699 g/mol. The molecule has 0 fully saturated rings. The predicted molar refractivity (Wildman–Crippen MR) is 233 cm³/mol. The Labute approximate surface area is 329 Å². The van der Waals surface area contributed by atoms with Crippen LogP contribution in [-0.4, -0.2) is 34.1 Å². The molecule has 0 atom stereocenters. The van der Waals surface area contributed by atoms with E-state index in [0.29, 0.717) is 11.6 Å². The Morgan fingerprint density at radius 2 is 1.11 bits per heavy atom. The fourth-order valence-corrected chi connectivity index (χ4v) is 7.91. The Kier molecular flexibility index (Phi) is 8.38. The first-order valence-electron chi connectivity index (χ1n) is 18.9. The number of allylic oxidation sites excluding steroid dienone is 1. The van der Waals surface area contributed by atoms with Gasteiger partial charge in [-0.2, -0.15) is 0 Å². The maximum absolute atomic E-state index is 5.25. The van der Waals surface area contributed by atoms with Gasteiger partial charge in [0.15, 0.2) is 11.6 Å². The molecule has 0 saturated carbocycles. The van der Waals surface area contributed by atoms with Crippen LogP contribution in [0.25, 0.3) is 95.7 Å². The summed E-state index contributed by atoms with van der Waals surface area (Å²) in [4.78, 5) is 23.6. The van der Waals surface area contributed by atoms with Crippen LogP contribution in [0.15, 0.2) is 177 Å². The number of pyridine rings is 1. The fraction of sp³-hybridized carbons (Fsp3) is 0.0200. The highest BCUT2D eigenvalue weighted by molar-refractivity contribution is 6.20. The van der Waals surface area contributed by atoms with Crippen molar-refractivity contribution in [3.05, 3.63) is 194 Å². The van der Waals surface area contributed by atoms with Gasteiger partial charge in [0.05, 0.1) is 39.3 Å². The average Bonchev–Trinajstić information content (AvgIpc) is 3.79. The molecule has 0 bridgehead atoms. The summed E-state index contributed by atoms with van der Waals surface area (Å²) >= 11 is 0. The molecule has 0 aliphatic heterocycles. The van der Waals surface area contributed by atoms with E-state index in [1.54, 1.807) is 24.8 Å². The summed E-state index contributed by atoms with van der Waals surface area (Å²) in [7, 11) is 0. The molecule has 0 spiro atoms. The van der Waals surface area contributed by atoms with E-state index in [1.165, 1.54) is 0 Å². The number of nitrogens with zero attached hydrogens (tertiary/aromatic N) is 7. The van der Waals surface area contributed by atoms with Crippen molar-refractivity contribution in [1.82, 2.24) is 34.1 Å². The second-order valence-corrected chi connectivity index (χ2v) is 13.9. The molecule has 0 saturated heterocycles. The highest BCUT2D eigenvalue weighted by Crippen LogP contribution is 2.43. The number of benzene rings is 5. The van der Waals surface area contributed by atoms with Crippen molar-refractivity contribution in [2.45, 2.75) is 6.92 Å². The fourth-order valence-electron chi connectivity index (χ4n) is 7.91. The number of hydrogen-bond donors (Lipinski definition) is 0. The summed E-state index contributed by atoms with van der Waals surface area (Å²) in [6.45, 7) is 6.44. The molecule has 0 N–H and O–H groups in total. The number of hydrogen-bond acceptors (Lipinski definition) is 5. The minimum absolute atomic E-state index is 0.677. The van der Waals surface area contributed by atoms with Crippen molar-refractivity contribution in [3.63, 3.8) is 0 Å². The van der Waals surface area contributed by atoms with E-state index in [-0.39, 0.29) is 0 Å². The lowest BCUT2D eigenvalue weighted by Crippen LogP contribution is -2.01. The van der Waals surface area contributed by atoms with E-state index < -0.39 is 0 Å². The summed E-state index contributed by atoms with van der Waals surface area (Å²) in [6, 6.07) is 50.4. The van der Waals surface area contributed by atoms with Gasteiger partial charge in [-0.3, -0.25) is 0 Å². The average molecular weight is 734 g/mol. The van der Waals surface area contributed by atoms with Gasteiger partial charge in [0.25, 0.3) is 0 Å². The first-order chi connectivity index (χ1) is 28.2. The normalized spacial score (nSPS) is 11.8. The summed E-state index contributed by atoms with van der Waals surface area (Å²) in [5, 5.41) is 3.26. The Bertz CT molecular complexity index is 3060. The second kappa shape index (κ2) is 14.1. The third-order valence-electron chi connectivity index (χ3n) is 10.5. The summed E-state index contributed by atoms with van der Waals surface area (Å²) in [5.74, 6) is 1.35. The van der Waals surface area contributed by atoms with E-state index in [1.807, 2.05) is 36.4 Å². The maximum atomic E-state index is 5.25. The smallest absolute Gasteiger partial charge is 0.159 e. The van der Waals surface area contributed by atoms with Crippen LogP contribution in [0.4, 0.5) is 0 Å². The van der Waals surface area contributed by atoms with Crippen LogP contribution in [0.5, 0.6) is 0 Å². The molecule has 7 nitrogen and oxygen atoms in total. The number of aromatic nitrogens is 7. The zero-order chi connectivity index (χ0) is 38.3. The van der Waals surface area contributed by atoms with E-state index >= 15 is 0 Å². The standard InChI is InChI=1S/C50H35N7/c1-3-45-41(29-33(2)49-51-25-13-26-52-49)39-22-23-40-42-30-36(50-53-27-14-28-54-50)21-24-46(42)57(48(40)47(39)56(45)37-19-11-6-12-20-37)38-31-43(34-15-7-4-8-16-34)55-44(32-38)35-17-9-5-10-18-35/h3-32H,1H2,2H3/b33-29+. The SMILES string of the molecule is C=Cc1c(/C=C(\C)c2ncccn2)c2ccc3c4cc(-c5ncccn5)ccc4n(-c4cc(-c5ccccc5)nc(-c5ccccc5)c4)c3c2n1-c1ccccc1. The van der Waals surface area contributed by atoms with Gasteiger partial charge in [0.2, 0.25) is 0 Å². The Balaban J connectivity index is 1.38. The molecule has 0 aliphatic rings. The van der Waals surface area contributed by atoms with Crippen molar-refractivity contribution in [2.24, 2.45) is 0 Å². The quantitative estimate of drug-likeness (QED) is 0.155. The molecule has 0 unspecified atom stereocenters. The van der Waals surface area contributed by atoms with Gasteiger partial charge in [-0.25, -0.2) is 24.9 Å². The van der Waals surface area contributed by atoms with Gasteiger partial charge in [-0.05, 0) is 79.2 Å². The molecule has 10 rings (SSSR count). The molecule has 0 aliphatic carbocycles. The van der Waals surface area contributed by atoms with Crippen LogP contribution in [0.3, 0.4) is 0 Å². The summed E-state index contributed by atoms with van der Waals surface area (Å²) in [5.41, 5.74) is 12.9. The second-order valence-electron chi connectivity index (χ2n) is 13.9. The molecule has 5 aromatic heterocycles. The Hall–Kier alpha value is -7.77. The Morgan fingerprint density at radius 3 is 1.74 bits per heavy atom. The Morgan fingerprint density at radius 1 is 0.526 bits per heavy atom. The molecule has 5 aromatic carbocycles. The number of para-hydroxylation sites is 1. The van der Waals surface area contributed by atoms with Crippen LogP contribution in [0, 0.1) is 0 Å². The minimum Gasteiger partial charge on any atom is -0.307 e. The van der Waals surface area contributed by atoms with Gasteiger partial charge in [0.1, 0.15) is 0 Å². The van der Waals surface area contributed by atoms with E-state index in [2.05, 4.69) is 164 Å². The largest absolute Gasteiger partial charge is 0.307 e. The first kappa shape index (κ1) is 33.8. The van der Waals surface area contributed by atoms with Gasteiger partial charge < -0.3 is 9.13 Å². The third-order valence-corrected chi connectivity index (χ3v) is 10.5. The zero-order valence-electron chi connectivity index (χ0n) is 31.2. The molecule has 10 aromatic rings. The van der Waals surface area contributed by atoms with Crippen molar-refractivity contribution in [3.8, 4) is 45.3 Å². The van der Waals surface area contributed by atoms with Gasteiger partial charge in [0, 0.05) is 68.9 Å². The predicted octanol–water partition coefficient (Wildman–Crippen LogP) is 11.9. The highest BCUT2D eigenvalue weighted by atomic mass is 15.1. The topological polar surface area (TPSA) is 74.3 Å². The van der Waals surface area contributed by atoms with Crippen LogP contribution in [0.2, 0.25) is 0 Å². The lowest BCUT2D eigenvalue weighted by Gasteiger charge is -2.15. The summed E-state index contributed by atoms with van der Waals surface area (Å²) < 4.78 is 4.74. The van der Waals surface area contributed by atoms with Crippen LogP contribution in [-0.2, 0) is 0 Å². The molecule has 270 valence electrons. The van der Waals surface area contributed by atoms with E-state index in [9.17, 15) is 0 Å². The highest BCUT2D eigenvalue weighted by Gasteiger charge is 2.24. The molecular formula is C50H35N7. The van der Waals surface area contributed by atoms with Crippen molar-refractivity contribution >= 4 is 50.4 Å². The maximum Gasteiger partial charge on any atom is 0.159 e. The van der Waals surface area contributed by atoms with Crippen molar-refractivity contribution in [2.75, 3.05) is 0 Å². The first-order valence-corrected chi connectivity index (χ1v) is 18.9. The molecule has 57 heavy (non-hydrogen) atoms. The van der Waals surface area contributed by atoms with E-state index in [4.69, 9.17) is 4.98 Å². The minimum atomic E-state index is 0.677. The van der Waals surface area contributed by atoms with E-state index in [0.717, 1.165) is 89.0 Å². The lowest BCUT2D eigenvalue weighted by atomic mass is 10.0. The molecule has 0 amide bonds. The van der Waals surface area contributed by atoms with Crippen molar-refractivity contribution < 1.29 is 0 Å². The summed E-state index contributed by atoms with van der Waals surface area (Å²) in [6.07, 6.45) is 11.3. The monoisotopic (exact) mass is 733 g/mol. The molecule has 0 radical (unpaired) electrons.